The molecule has 0 aliphatic rings. The van der Waals surface area contributed by atoms with E-state index >= 15 is 0 Å². The van der Waals surface area contributed by atoms with Crippen LogP contribution < -0.4 is 4.74 Å². The Kier molecular flexibility index (Phi) is 2.03. The van der Waals surface area contributed by atoms with E-state index in [1.807, 2.05) is 13.8 Å². The van der Waals surface area contributed by atoms with Crippen molar-refractivity contribution in [1.82, 2.24) is 25.0 Å². The molecule has 0 radical (unpaired) electrons. The van der Waals surface area contributed by atoms with E-state index in [0.29, 0.717) is 17.2 Å². The molecule has 0 saturated heterocycles. The van der Waals surface area contributed by atoms with Crippen molar-refractivity contribution in [2.75, 3.05) is 0 Å². The number of nitrogens with zero attached hydrogens (tertiary/aromatic N) is 5. The molecule has 0 aliphatic heterocycles. The van der Waals surface area contributed by atoms with E-state index in [4.69, 9.17) is 4.74 Å². The monoisotopic (exact) mass is 193 g/mol. The van der Waals surface area contributed by atoms with Crippen LogP contribution in [0.3, 0.4) is 0 Å². The molecule has 74 valence electrons. The van der Waals surface area contributed by atoms with Crippen LogP contribution in [0, 0.1) is 0 Å². The van der Waals surface area contributed by atoms with Crippen LogP contribution in [0.15, 0.2) is 6.20 Å². The lowest BCUT2D eigenvalue weighted by Gasteiger charge is -2.06. The normalized spacial score (nSPS) is 11.1. The molecule has 2 rings (SSSR count). The van der Waals surface area contributed by atoms with E-state index in [-0.39, 0.29) is 6.10 Å². The predicted molar refractivity (Wildman–Crippen MR) is 49.9 cm³/mol. The molecule has 0 aromatic carbocycles. The summed E-state index contributed by atoms with van der Waals surface area (Å²) in [4.78, 5) is 8.19. The van der Waals surface area contributed by atoms with Gasteiger partial charge in [-0.1, -0.05) is 5.21 Å². The van der Waals surface area contributed by atoms with Crippen molar-refractivity contribution in [2.24, 2.45) is 7.05 Å². The highest BCUT2D eigenvalue weighted by atomic mass is 16.5. The minimum atomic E-state index is 0.0636. The van der Waals surface area contributed by atoms with Crippen molar-refractivity contribution in [3.63, 3.8) is 0 Å². The highest BCUT2D eigenvalue weighted by Gasteiger charge is 2.07. The maximum atomic E-state index is 5.36. The Labute approximate surface area is 80.9 Å². The summed E-state index contributed by atoms with van der Waals surface area (Å²) in [7, 11) is 1.78. The number of fused-ring (bicyclic) bond motifs is 1. The van der Waals surface area contributed by atoms with Crippen LogP contribution in [0.1, 0.15) is 13.8 Å². The maximum absolute atomic E-state index is 5.36. The average Bonchev–Trinajstić information content (AvgIpc) is 2.47. The second-order valence-electron chi connectivity index (χ2n) is 3.24. The summed E-state index contributed by atoms with van der Waals surface area (Å²) >= 11 is 0. The summed E-state index contributed by atoms with van der Waals surface area (Å²) in [5.41, 5.74) is 1.35. The van der Waals surface area contributed by atoms with Crippen LogP contribution in [-0.2, 0) is 7.05 Å². The minimum absolute atomic E-state index is 0.0636. The maximum Gasteiger partial charge on any atom is 0.318 e. The first kappa shape index (κ1) is 8.86. The van der Waals surface area contributed by atoms with Gasteiger partial charge in [0.1, 0.15) is 0 Å². The SMILES string of the molecule is CC(C)Oc1ncc2nnn(C)c2n1. The van der Waals surface area contributed by atoms with E-state index in [9.17, 15) is 0 Å². The number of hydrogen-bond donors (Lipinski definition) is 0. The molecule has 2 aromatic heterocycles. The van der Waals surface area contributed by atoms with Crippen molar-refractivity contribution in [1.29, 1.82) is 0 Å². The van der Waals surface area contributed by atoms with Gasteiger partial charge in [0.15, 0.2) is 11.2 Å². The van der Waals surface area contributed by atoms with Gasteiger partial charge in [0.05, 0.1) is 12.3 Å². The quantitative estimate of drug-likeness (QED) is 0.696. The fraction of sp³-hybridized carbons (Fsp3) is 0.500. The summed E-state index contributed by atoms with van der Waals surface area (Å²) < 4.78 is 6.94. The van der Waals surface area contributed by atoms with Crippen LogP contribution in [0.5, 0.6) is 6.01 Å². The van der Waals surface area contributed by atoms with Gasteiger partial charge in [-0.05, 0) is 13.8 Å². The second kappa shape index (κ2) is 3.21. The van der Waals surface area contributed by atoms with E-state index in [2.05, 4.69) is 20.3 Å². The summed E-state index contributed by atoms with van der Waals surface area (Å²) in [6, 6.07) is 0.359. The van der Waals surface area contributed by atoms with Gasteiger partial charge in [-0.2, -0.15) is 4.98 Å². The fourth-order valence-electron chi connectivity index (χ4n) is 1.08. The molecule has 0 N–H and O–H groups in total. The number of aromatic nitrogens is 5. The molecule has 0 bridgehead atoms. The first-order valence-electron chi connectivity index (χ1n) is 4.36. The molecule has 14 heavy (non-hydrogen) atoms. The molecule has 0 fully saturated rings. The smallest absolute Gasteiger partial charge is 0.318 e. The molecule has 6 nitrogen and oxygen atoms in total. The summed E-state index contributed by atoms with van der Waals surface area (Å²) in [5.74, 6) is 0. The molecular formula is C8H11N5O. The second-order valence-corrected chi connectivity index (χ2v) is 3.24. The van der Waals surface area contributed by atoms with Crippen LogP contribution in [-0.4, -0.2) is 31.1 Å². The van der Waals surface area contributed by atoms with Gasteiger partial charge in [0.25, 0.3) is 0 Å². The highest BCUT2D eigenvalue weighted by molar-refractivity contribution is 5.68. The molecule has 0 saturated carbocycles. The number of ether oxygens (including phenoxy) is 1. The van der Waals surface area contributed by atoms with Gasteiger partial charge in [0.2, 0.25) is 0 Å². The zero-order chi connectivity index (χ0) is 10.1. The van der Waals surface area contributed by atoms with Crippen molar-refractivity contribution in [3.05, 3.63) is 6.20 Å². The largest absolute Gasteiger partial charge is 0.461 e. The van der Waals surface area contributed by atoms with Crippen molar-refractivity contribution >= 4 is 11.2 Å². The van der Waals surface area contributed by atoms with Crippen molar-refractivity contribution < 1.29 is 4.74 Å². The highest BCUT2D eigenvalue weighted by Crippen LogP contribution is 2.10. The van der Waals surface area contributed by atoms with Crippen LogP contribution >= 0.6 is 0 Å². The molecule has 0 atom stereocenters. The van der Waals surface area contributed by atoms with Gasteiger partial charge in [-0.25, -0.2) is 9.67 Å². The Hall–Kier alpha value is -1.72. The average molecular weight is 193 g/mol. The van der Waals surface area contributed by atoms with Gasteiger partial charge in [-0.3, -0.25) is 0 Å². The predicted octanol–water partition coefficient (Wildman–Crippen LogP) is 0.545. The molecule has 2 heterocycles. The summed E-state index contributed by atoms with van der Waals surface area (Å²) in [6.07, 6.45) is 1.67. The molecule has 0 amide bonds. The molecule has 6 heteroatoms. The number of rotatable bonds is 2. The lowest BCUT2D eigenvalue weighted by Crippen LogP contribution is -2.08. The van der Waals surface area contributed by atoms with Gasteiger partial charge >= 0.3 is 6.01 Å². The van der Waals surface area contributed by atoms with Crippen LogP contribution in [0.2, 0.25) is 0 Å². The van der Waals surface area contributed by atoms with Crippen molar-refractivity contribution in [2.45, 2.75) is 20.0 Å². The van der Waals surface area contributed by atoms with Gasteiger partial charge < -0.3 is 4.74 Å². The molecule has 0 unspecified atom stereocenters. The van der Waals surface area contributed by atoms with E-state index in [1.165, 1.54) is 0 Å². The third kappa shape index (κ3) is 1.50. The van der Waals surface area contributed by atoms with Gasteiger partial charge in [-0.15, -0.1) is 5.10 Å². The molecule has 0 spiro atoms. The van der Waals surface area contributed by atoms with Gasteiger partial charge in [0, 0.05) is 7.05 Å². The first-order chi connectivity index (χ1) is 6.66. The number of hydrogen-bond acceptors (Lipinski definition) is 5. The first-order valence-corrected chi connectivity index (χ1v) is 4.36. The Balaban J connectivity index is 2.44. The van der Waals surface area contributed by atoms with E-state index in [1.54, 1.807) is 17.9 Å². The zero-order valence-corrected chi connectivity index (χ0v) is 8.30. The summed E-state index contributed by atoms with van der Waals surface area (Å²) in [6.45, 7) is 3.85. The van der Waals surface area contributed by atoms with Crippen LogP contribution in [0.4, 0.5) is 0 Å². The fourth-order valence-corrected chi connectivity index (χ4v) is 1.08. The molecule has 0 aliphatic carbocycles. The molecule has 2 aromatic rings. The Morgan fingerprint density at radius 1 is 1.43 bits per heavy atom. The van der Waals surface area contributed by atoms with E-state index in [0.717, 1.165) is 0 Å². The standard InChI is InChI=1S/C8H11N5O/c1-5(2)14-8-9-4-6-7(10-8)13(3)12-11-6/h4-5H,1-3H3. The number of aryl methyl sites for hydroxylation is 1. The lowest BCUT2D eigenvalue weighted by atomic mass is 10.5. The minimum Gasteiger partial charge on any atom is -0.461 e. The van der Waals surface area contributed by atoms with E-state index < -0.39 is 0 Å². The Morgan fingerprint density at radius 3 is 2.93 bits per heavy atom. The van der Waals surface area contributed by atoms with Crippen molar-refractivity contribution in [3.8, 4) is 6.01 Å². The third-order valence-corrected chi connectivity index (χ3v) is 1.66. The third-order valence-electron chi connectivity index (χ3n) is 1.66. The lowest BCUT2D eigenvalue weighted by molar-refractivity contribution is 0.223. The topological polar surface area (TPSA) is 65.7 Å². The van der Waals surface area contributed by atoms with Crippen LogP contribution in [0.25, 0.3) is 11.2 Å². The summed E-state index contributed by atoms with van der Waals surface area (Å²) in [5, 5.41) is 7.70. The zero-order valence-electron chi connectivity index (χ0n) is 8.30. The molecular weight excluding hydrogens is 182 g/mol. The Bertz CT molecular complexity index is 450. The Morgan fingerprint density at radius 2 is 2.21 bits per heavy atom.